The van der Waals surface area contributed by atoms with Gasteiger partial charge in [-0.25, -0.2) is 0 Å². The van der Waals surface area contributed by atoms with E-state index in [-0.39, 0.29) is 12.2 Å². The van der Waals surface area contributed by atoms with Crippen LogP contribution in [0.2, 0.25) is 0 Å². The largest absolute Gasteiger partial charge is 0.392 e. The summed E-state index contributed by atoms with van der Waals surface area (Å²) >= 11 is 0. The standard InChI is InChI=1S/C14H11FN2O4/c15-12-7-10(3-6-13(12)17(20)21)14(19)16-11-4-1-9(8-18)2-5-11/h1-7,18H,8H2,(H,16,19). The number of nitro groups is 1. The predicted octanol–water partition coefficient (Wildman–Crippen LogP) is 2.48. The van der Waals surface area contributed by atoms with Crippen molar-refractivity contribution in [1.29, 1.82) is 0 Å². The number of aliphatic hydroxyl groups excluding tert-OH is 1. The number of carbonyl (C=O) groups excluding carboxylic acids is 1. The molecule has 0 unspecified atom stereocenters. The van der Waals surface area contributed by atoms with Crippen LogP contribution in [0.3, 0.4) is 0 Å². The second-order valence-corrected chi connectivity index (χ2v) is 4.23. The maximum Gasteiger partial charge on any atom is 0.304 e. The van der Waals surface area contributed by atoms with Gasteiger partial charge in [0.25, 0.3) is 5.91 Å². The van der Waals surface area contributed by atoms with E-state index in [0.29, 0.717) is 11.3 Å². The molecule has 0 aliphatic rings. The molecule has 108 valence electrons. The van der Waals surface area contributed by atoms with Crippen LogP contribution < -0.4 is 5.32 Å². The van der Waals surface area contributed by atoms with Gasteiger partial charge in [0.05, 0.1) is 11.5 Å². The normalized spacial score (nSPS) is 10.2. The number of nitrogens with one attached hydrogen (secondary N) is 1. The lowest BCUT2D eigenvalue weighted by atomic mass is 10.1. The first-order valence-electron chi connectivity index (χ1n) is 5.96. The molecule has 0 heterocycles. The fraction of sp³-hybridized carbons (Fsp3) is 0.0714. The number of aliphatic hydroxyl groups is 1. The van der Waals surface area contributed by atoms with E-state index in [1.165, 1.54) is 6.07 Å². The molecular weight excluding hydrogens is 279 g/mol. The van der Waals surface area contributed by atoms with Crippen LogP contribution >= 0.6 is 0 Å². The van der Waals surface area contributed by atoms with Gasteiger partial charge in [0.15, 0.2) is 0 Å². The number of benzene rings is 2. The van der Waals surface area contributed by atoms with Crippen molar-refractivity contribution in [1.82, 2.24) is 0 Å². The van der Waals surface area contributed by atoms with Crippen LogP contribution in [0.25, 0.3) is 0 Å². The lowest BCUT2D eigenvalue weighted by Gasteiger charge is -2.06. The zero-order valence-corrected chi connectivity index (χ0v) is 10.7. The number of anilines is 1. The molecule has 0 radical (unpaired) electrons. The minimum Gasteiger partial charge on any atom is -0.392 e. The highest BCUT2D eigenvalue weighted by molar-refractivity contribution is 6.04. The van der Waals surface area contributed by atoms with Gasteiger partial charge >= 0.3 is 5.69 Å². The highest BCUT2D eigenvalue weighted by Gasteiger charge is 2.16. The monoisotopic (exact) mass is 290 g/mol. The highest BCUT2D eigenvalue weighted by atomic mass is 19.1. The van der Waals surface area contributed by atoms with Gasteiger partial charge in [0, 0.05) is 17.3 Å². The Balaban J connectivity index is 2.16. The quantitative estimate of drug-likeness (QED) is 0.668. The summed E-state index contributed by atoms with van der Waals surface area (Å²) in [5.74, 6) is -1.65. The van der Waals surface area contributed by atoms with Crippen molar-refractivity contribution in [2.75, 3.05) is 5.32 Å². The van der Waals surface area contributed by atoms with E-state index in [4.69, 9.17) is 5.11 Å². The lowest BCUT2D eigenvalue weighted by Crippen LogP contribution is -2.12. The molecule has 2 aromatic carbocycles. The summed E-state index contributed by atoms with van der Waals surface area (Å²) in [6.45, 7) is -0.109. The molecule has 6 nitrogen and oxygen atoms in total. The molecule has 0 atom stereocenters. The van der Waals surface area contributed by atoms with Gasteiger partial charge in [-0.2, -0.15) is 4.39 Å². The number of hydrogen-bond donors (Lipinski definition) is 2. The van der Waals surface area contributed by atoms with Gasteiger partial charge in [0.1, 0.15) is 0 Å². The third-order valence-corrected chi connectivity index (χ3v) is 2.80. The van der Waals surface area contributed by atoms with Crippen molar-refractivity contribution >= 4 is 17.3 Å². The molecule has 0 saturated heterocycles. The minimum atomic E-state index is -1.07. The van der Waals surface area contributed by atoms with Crippen molar-refractivity contribution in [3.63, 3.8) is 0 Å². The second-order valence-electron chi connectivity index (χ2n) is 4.23. The Labute approximate surface area is 119 Å². The van der Waals surface area contributed by atoms with Gasteiger partial charge in [-0.15, -0.1) is 0 Å². The van der Waals surface area contributed by atoms with Crippen molar-refractivity contribution in [3.05, 3.63) is 69.5 Å². The molecular formula is C14H11FN2O4. The van der Waals surface area contributed by atoms with Crippen molar-refractivity contribution in [2.24, 2.45) is 0 Å². The fourth-order valence-electron chi connectivity index (χ4n) is 1.69. The predicted molar refractivity (Wildman–Crippen MR) is 73.4 cm³/mol. The molecule has 2 rings (SSSR count). The Hall–Kier alpha value is -2.80. The van der Waals surface area contributed by atoms with Gasteiger partial charge in [0.2, 0.25) is 5.82 Å². The number of hydrogen-bond acceptors (Lipinski definition) is 4. The van der Waals surface area contributed by atoms with Gasteiger partial charge in [-0.1, -0.05) is 12.1 Å². The van der Waals surface area contributed by atoms with Crippen molar-refractivity contribution < 1.29 is 19.2 Å². The van der Waals surface area contributed by atoms with Gasteiger partial charge in [-0.3, -0.25) is 14.9 Å². The number of rotatable bonds is 4. The Morgan fingerprint density at radius 1 is 1.24 bits per heavy atom. The zero-order valence-electron chi connectivity index (χ0n) is 10.7. The van der Waals surface area contributed by atoms with Crippen LogP contribution in [-0.2, 0) is 6.61 Å². The summed E-state index contributed by atoms with van der Waals surface area (Å²) in [7, 11) is 0. The molecule has 0 saturated carbocycles. The molecule has 21 heavy (non-hydrogen) atoms. The molecule has 2 aromatic rings. The van der Waals surface area contributed by atoms with E-state index < -0.39 is 22.3 Å². The van der Waals surface area contributed by atoms with Crippen LogP contribution in [0.15, 0.2) is 42.5 Å². The summed E-state index contributed by atoms with van der Waals surface area (Å²) in [4.78, 5) is 21.5. The van der Waals surface area contributed by atoms with Gasteiger partial charge < -0.3 is 10.4 Å². The summed E-state index contributed by atoms with van der Waals surface area (Å²) in [6, 6.07) is 9.38. The van der Waals surface area contributed by atoms with E-state index in [0.717, 1.165) is 12.1 Å². The lowest BCUT2D eigenvalue weighted by molar-refractivity contribution is -0.387. The Bertz CT molecular complexity index is 686. The van der Waals surface area contributed by atoms with Crippen LogP contribution in [0, 0.1) is 15.9 Å². The first-order chi connectivity index (χ1) is 10.0. The molecule has 1 amide bonds. The van der Waals surface area contributed by atoms with Crippen LogP contribution in [0.1, 0.15) is 15.9 Å². The Morgan fingerprint density at radius 2 is 1.90 bits per heavy atom. The topological polar surface area (TPSA) is 92.5 Å². The third-order valence-electron chi connectivity index (χ3n) is 2.80. The molecule has 0 fully saturated rings. The maximum absolute atomic E-state index is 13.4. The first kappa shape index (κ1) is 14.6. The molecule has 0 spiro atoms. The number of carbonyl (C=O) groups is 1. The van der Waals surface area contributed by atoms with Crippen LogP contribution in [0.5, 0.6) is 0 Å². The number of halogens is 1. The van der Waals surface area contributed by atoms with Crippen molar-refractivity contribution in [2.45, 2.75) is 6.61 Å². The van der Waals surface area contributed by atoms with E-state index >= 15 is 0 Å². The Morgan fingerprint density at radius 3 is 2.43 bits per heavy atom. The highest BCUT2D eigenvalue weighted by Crippen LogP contribution is 2.19. The molecule has 0 aromatic heterocycles. The second kappa shape index (κ2) is 6.10. The van der Waals surface area contributed by atoms with E-state index in [1.54, 1.807) is 24.3 Å². The molecule has 2 N–H and O–H groups in total. The summed E-state index contributed by atoms with van der Waals surface area (Å²) in [5.41, 5.74) is 0.452. The van der Waals surface area contributed by atoms with E-state index in [9.17, 15) is 19.3 Å². The molecule has 7 heteroatoms. The van der Waals surface area contributed by atoms with E-state index in [1.807, 2.05) is 0 Å². The molecule has 0 aliphatic heterocycles. The maximum atomic E-state index is 13.4. The zero-order chi connectivity index (χ0) is 15.4. The van der Waals surface area contributed by atoms with Crippen LogP contribution in [0.4, 0.5) is 15.8 Å². The molecule has 0 aliphatic carbocycles. The SMILES string of the molecule is O=C(Nc1ccc(CO)cc1)c1ccc([N+](=O)[O-])c(F)c1. The molecule has 0 bridgehead atoms. The number of nitrogens with zero attached hydrogens (tertiary/aromatic N) is 1. The van der Waals surface area contributed by atoms with Gasteiger partial charge in [-0.05, 0) is 29.8 Å². The average molecular weight is 290 g/mol. The summed E-state index contributed by atoms with van der Waals surface area (Å²) in [6.07, 6.45) is 0. The summed E-state index contributed by atoms with van der Waals surface area (Å²) in [5, 5.41) is 21.9. The average Bonchev–Trinajstić information content (AvgIpc) is 2.47. The minimum absolute atomic E-state index is 0.0238. The third kappa shape index (κ3) is 3.40. The number of amides is 1. The first-order valence-corrected chi connectivity index (χ1v) is 5.96. The van der Waals surface area contributed by atoms with E-state index in [2.05, 4.69) is 5.32 Å². The fourth-order valence-corrected chi connectivity index (χ4v) is 1.69. The van der Waals surface area contributed by atoms with Crippen LogP contribution in [-0.4, -0.2) is 15.9 Å². The Kier molecular flexibility index (Phi) is 4.24. The van der Waals surface area contributed by atoms with Crippen molar-refractivity contribution in [3.8, 4) is 0 Å². The summed E-state index contributed by atoms with van der Waals surface area (Å²) < 4.78 is 13.4. The smallest absolute Gasteiger partial charge is 0.304 e. The number of nitro benzene ring substituents is 1.